The fourth-order valence-electron chi connectivity index (χ4n) is 2.86. The predicted molar refractivity (Wildman–Crippen MR) is 96.9 cm³/mol. The van der Waals surface area contributed by atoms with Crippen LogP contribution >= 0.6 is 0 Å². The molecule has 25 heavy (non-hydrogen) atoms. The summed E-state index contributed by atoms with van der Waals surface area (Å²) in [5, 5.41) is 14.7. The van der Waals surface area contributed by atoms with Crippen LogP contribution in [0.4, 0.5) is 21.5 Å². The second-order valence-electron chi connectivity index (χ2n) is 6.03. The molecule has 0 unspecified atom stereocenters. The molecule has 0 aliphatic carbocycles. The lowest BCUT2D eigenvalue weighted by Crippen LogP contribution is -2.19. The SMILES string of the molecule is Cc1cc(N2CCCC2)c(F)cc1C=NNc1ccc([N+](=O)[O-])cc1. The van der Waals surface area contributed by atoms with E-state index < -0.39 is 4.92 Å². The molecule has 1 aliphatic heterocycles. The Morgan fingerprint density at radius 3 is 2.56 bits per heavy atom. The summed E-state index contributed by atoms with van der Waals surface area (Å²) in [6.07, 6.45) is 3.75. The van der Waals surface area contributed by atoms with Gasteiger partial charge in [0.1, 0.15) is 5.82 Å². The number of halogens is 1. The fourth-order valence-corrected chi connectivity index (χ4v) is 2.86. The third-order valence-corrected chi connectivity index (χ3v) is 4.26. The summed E-state index contributed by atoms with van der Waals surface area (Å²) in [5.74, 6) is -0.246. The highest BCUT2D eigenvalue weighted by atomic mass is 19.1. The zero-order chi connectivity index (χ0) is 17.8. The second kappa shape index (κ2) is 7.29. The summed E-state index contributed by atoms with van der Waals surface area (Å²) in [6.45, 7) is 3.71. The molecule has 0 amide bonds. The molecule has 7 heteroatoms. The number of non-ortho nitro benzene ring substituents is 1. The van der Waals surface area contributed by atoms with Gasteiger partial charge in [-0.05, 0) is 49.6 Å². The summed E-state index contributed by atoms with van der Waals surface area (Å²) >= 11 is 0. The second-order valence-corrected chi connectivity index (χ2v) is 6.03. The van der Waals surface area contributed by atoms with Gasteiger partial charge in [0.25, 0.3) is 5.69 Å². The van der Waals surface area contributed by atoms with Gasteiger partial charge in [0.2, 0.25) is 0 Å². The van der Waals surface area contributed by atoms with Crippen LogP contribution in [-0.2, 0) is 0 Å². The maximum Gasteiger partial charge on any atom is 0.269 e. The first-order valence-electron chi connectivity index (χ1n) is 8.13. The third kappa shape index (κ3) is 3.93. The van der Waals surface area contributed by atoms with Crippen molar-refractivity contribution in [1.29, 1.82) is 0 Å². The van der Waals surface area contributed by atoms with Gasteiger partial charge in [-0.1, -0.05) is 0 Å². The molecular formula is C18H19FN4O2. The van der Waals surface area contributed by atoms with Gasteiger partial charge in [-0.15, -0.1) is 0 Å². The first-order valence-corrected chi connectivity index (χ1v) is 8.13. The molecule has 0 aromatic heterocycles. The number of hydrogen-bond acceptors (Lipinski definition) is 5. The Hall–Kier alpha value is -2.96. The van der Waals surface area contributed by atoms with Crippen LogP contribution < -0.4 is 10.3 Å². The van der Waals surface area contributed by atoms with E-state index in [2.05, 4.69) is 15.4 Å². The van der Waals surface area contributed by atoms with Crippen molar-refractivity contribution in [3.8, 4) is 0 Å². The van der Waals surface area contributed by atoms with Gasteiger partial charge in [-0.3, -0.25) is 15.5 Å². The minimum absolute atomic E-state index is 0.0185. The molecule has 0 bridgehead atoms. The number of hydrazone groups is 1. The van der Waals surface area contributed by atoms with E-state index in [4.69, 9.17) is 0 Å². The minimum Gasteiger partial charge on any atom is -0.369 e. The van der Waals surface area contributed by atoms with Gasteiger partial charge in [-0.2, -0.15) is 5.10 Å². The van der Waals surface area contributed by atoms with Crippen molar-refractivity contribution in [2.75, 3.05) is 23.4 Å². The normalized spacial score (nSPS) is 14.2. The zero-order valence-corrected chi connectivity index (χ0v) is 13.9. The van der Waals surface area contributed by atoms with Crippen LogP contribution in [0.25, 0.3) is 0 Å². The van der Waals surface area contributed by atoms with Crippen LogP contribution in [0.2, 0.25) is 0 Å². The van der Waals surface area contributed by atoms with Crippen molar-refractivity contribution in [2.45, 2.75) is 19.8 Å². The number of anilines is 2. The summed E-state index contributed by atoms with van der Waals surface area (Å²) < 4.78 is 14.4. The third-order valence-electron chi connectivity index (χ3n) is 4.26. The van der Waals surface area contributed by atoms with Crippen LogP contribution in [-0.4, -0.2) is 24.2 Å². The molecule has 130 valence electrons. The van der Waals surface area contributed by atoms with Crippen LogP contribution in [0.15, 0.2) is 41.5 Å². The first-order chi connectivity index (χ1) is 12.0. The van der Waals surface area contributed by atoms with E-state index >= 15 is 0 Å². The van der Waals surface area contributed by atoms with Gasteiger partial charge < -0.3 is 4.90 Å². The van der Waals surface area contributed by atoms with Gasteiger partial charge in [0, 0.05) is 30.8 Å². The van der Waals surface area contributed by atoms with Crippen molar-refractivity contribution >= 4 is 23.3 Å². The average molecular weight is 342 g/mol. The molecule has 2 aromatic carbocycles. The van der Waals surface area contributed by atoms with Crippen LogP contribution in [0.3, 0.4) is 0 Å². The molecule has 0 atom stereocenters. The van der Waals surface area contributed by atoms with Crippen LogP contribution in [0.1, 0.15) is 24.0 Å². The smallest absolute Gasteiger partial charge is 0.269 e. The summed E-state index contributed by atoms with van der Waals surface area (Å²) in [4.78, 5) is 12.2. The number of nitro benzene ring substituents is 1. The van der Waals surface area contributed by atoms with Crippen molar-refractivity contribution in [3.63, 3.8) is 0 Å². The molecule has 2 aromatic rings. The van der Waals surface area contributed by atoms with Crippen molar-refractivity contribution in [1.82, 2.24) is 0 Å². The molecule has 1 fully saturated rings. The quantitative estimate of drug-likeness (QED) is 0.505. The number of benzene rings is 2. The van der Waals surface area contributed by atoms with E-state index in [0.29, 0.717) is 16.9 Å². The molecule has 3 rings (SSSR count). The van der Waals surface area contributed by atoms with E-state index in [1.807, 2.05) is 13.0 Å². The monoisotopic (exact) mass is 342 g/mol. The Bertz CT molecular complexity index is 799. The van der Waals surface area contributed by atoms with Crippen molar-refractivity contribution in [3.05, 3.63) is 63.5 Å². The van der Waals surface area contributed by atoms with Crippen LogP contribution in [0.5, 0.6) is 0 Å². The van der Waals surface area contributed by atoms with E-state index in [0.717, 1.165) is 31.5 Å². The number of rotatable bonds is 5. The topological polar surface area (TPSA) is 70.8 Å². The molecule has 0 spiro atoms. The Balaban J connectivity index is 1.70. The zero-order valence-electron chi connectivity index (χ0n) is 13.9. The minimum atomic E-state index is -0.457. The predicted octanol–water partition coefficient (Wildman–Crippen LogP) is 4.09. The van der Waals surface area contributed by atoms with E-state index in [9.17, 15) is 14.5 Å². The van der Waals surface area contributed by atoms with E-state index in [1.165, 1.54) is 18.2 Å². The van der Waals surface area contributed by atoms with Gasteiger partial charge in [-0.25, -0.2) is 4.39 Å². The van der Waals surface area contributed by atoms with Crippen LogP contribution in [0, 0.1) is 22.9 Å². The largest absolute Gasteiger partial charge is 0.369 e. The first kappa shape index (κ1) is 16.9. The van der Waals surface area contributed by atoms with Gasteiger partial charge >= 0.3 is 0 Å². The Labute approximate surface area is 145 Å². The molecule has 0 radical (unpaired) electrons. The molecule has 6 nitrogen and oxygen atoms in total. The lowest BCUT2D eigenvalue weighted by atomic mass is 10.1. The van der Waals surface area contributed by atoms with E-state index in [-0.39, 0.29) is 11.5 Å². The molecular weight excluding hydrogens is 323 g/mol. The van der Waals surface area contributed by atoms with Crippen molar-refractivity contribution in [2.24, 2.45) is 5.10 Å². The standard InChI is InChI=1S/C18H19FN4O2/c1-13-10-18(22-8-2-3-9-22)17(19)11-14(13)12-20-21-15-4-6-16(7-5-15)23(24)25/h4-7,10-12,21H,2-3,8-9H2,1H3. The number of nitrogens with one attached hydrogen (secondary N) is 1. The van der Waals surface area contributed by atoms with Gasteiger partial charge in [0.15, 0.2) is 0 Å². The summed E-state index contributed by atoms with van der Waals surface area (Å²) in [6, 6.07) is 9.28. The maximum absolute atomic E-state index is 14.4. The highest BCUT2D eigenvalue weighted by molar-refractivity contribution is 5.83. The number of nitrogens with zero attached hydrogens (tertiary/aromatic N) is 3. The molecule has 1 heterocycles. The highest BCUT2D eigenvalue weighted by Gasteiger charge is 2.17. The molecule has 0 saturated carbocycles. The van der Waals surface area contributed by atoms with E-state index in [1.54, 1.807) is 18.3 Å². The van der Waals surface area contributed by atoms with Gasteiger partial charge in [0.05, 0.1) is 22.5 Å². The Morgan fingerprint density at radius 2 is 1.92 bits per heavy atom. The molecule has 1 aliphatic rings. The maximum atomic E-state index is 14.4. The molecule has 1 N–H and O–H groups in total. The molecule has 1 saturated heterocycles. The average Bonchev–Trinajstić information content (AvgIpc) is 3.12. The Morgan fingerprint density at radius 1 is 1.24 bits per heavy atom. The fraction of sp³-hybridized carbons (Fsp3) is 0.278. The highest BCUT2D eigenvalue weighted by Crippen LogP contribution is 2.26. The number of aryl methyl sites for hydroxylation is 1. The Kier molecular flexibility index (Phi) is 4.92. The lowest BCUT2D eigenvalue weighted by molar-refractivity contribution is -0.384. The number of hydrogen-bond donors (Lipinski definition) is 1. The lowest BCUT2D eigenvalue weighted by Gasteiger charge is -2.19. The van der Waals surface area contributed by atoms with Crippen molar-refractivity contribution < 1.29 is 9.31 Å². The summed E-state index contributed by atoms with van der Waals surface area (Å²) in [5.41, 5.74) is 5.71. The number of nitro groups is 1. The summed E-state index contributed by atoms with van der Waals surface area (Å²) in [7, 11) is 0.